The zero-order valence-corrected chi connectivity index (χ0v) is 21.8. The number of likely N-dealkylation sites (tertiary alicyclic amines) is 1. The van der Waals surface area contributed by atoms with Gasteiger partial charge >= 0.3 is 6.18 Å². The molecule has 0 saturated carbocycles. The number of carbonyl (C=O) groups is 1. The summed E-state index contributed by atoms with van der Waals surface area (Å²) in [7, 11) is 1.52. The Balaban J connectivity index is 1.57. The second-order valence-corrected chi connectivity index (χ2v) is 9.46. The number of hydrogen-bond acceptors (Lipinski definition) is 7. The maximum absolute atomic E-state index is 13.6. The highest BCUT2D eigenvalue weighted by Crippen LogP contribution is 2.33. The number of halogens is 3. The molecule has 2 aromatic carbocycles. The van der Waals surface area contributed by atoms with E-state index in [0.29, 0.717) is 34.8 Å². The normalized spacial score (nSPS) is 14.4. The van der Waals surface area contributed by atoms with Gasteiger partial charge in [0.1, 0.15) is 5.75 Å². The first-order chi connectivity index (χ1) is 18.5. The van der Waals surface area contributed by atoms with Crippen molar-refractivity contribution in [3.05, 3.63) is 88.9 Å². The van der Waals surface area contributed by atoms with Crippen LogP contribution < -0.4 is 26.6 Å². The minimum absolute atomic E-state index is 0.0745. The van der Waals surface area contributed by atoms with E-state index in [2.05, 4.69) is 15.2 Å². The Bertz CT molecular complexity index is 1370. The lowest BCUT2D eigenvalue weighted by atomic mass is 10.1. The number of anilines is 2. The first kappa shape index (κ1) is 27.9. The number of nitrogens with zero attached hydrogens (tertiary/aromatic N) is 3. The van der Waals surface area contributed by atoms with E-state index in [4.69, 9.17) is 16.3 Å². The minimum Gasteiger partial charge on any atom is -0.495 e. The van der Waals surface area contributed by atoms with Crippen molar-refractivity contribution in [2.45, 2.75) is 32.5 Å². The quantitative estimate of drug-likeness (QED) is 0.275. The van der Waals surface area contributed by atoms with Gasteiger partial charge in [-0.1, -0.05) is 6.07 Å². The average molecular weight is 541 g/mol. The Kier molecular flexibility index (Phi) is 8.41. The van der Waals surface area contributed by atoms with Gasteiger partial charge in [0, 0.05) is 35.8 Å². The number of nitrogens with two attached hydrogens (primary N) is 2. The number of benzene rings is 2. The maximum Gasteiger partial charge on any atom is 0.416 e. The topological polar surface area (TPSA) is 110 Å². The van der Waals surface area contributed by atoms with Crippen LogP contribution in [0.1, 0.15) is 45.5 Å². The Morgan fingerprint density at radius 2 is 1.87 bits per heavy atom. The molecule has 0 unspecified atom stereocenters. The Morgan fingerprint density at radius 3 is 2.56 bits per heavy atom. The minimum atomic E-state index is -4.54. The standard InChI is InChI=1S/C28H31F3N6O2/c1-18-5-6-20(12-26(18)37(33)17-25(32)21-11-24(39-2)15-34-14-21)27(38)35-23-10-19(16-36-7-3-4-8-36)9-22(13-23)28(29,30)31/h5-6,9-15,17H,3-4,7-8,16,32-33H2,1-2H3,(H,35,38)/b25-17-. The third-order valence-electron chi connectivity index (χ3n) is 6.49. The Morgan fingerprint density at radius 1 is 1.13 bits per heavy atom. The summed E-state index contributed by atoms with van der Waals surface area (Å²) < 4.78 is 46.0. The molecule has 0 spiro atoms. The fraction of sp³-hybridized carbons (Fsp3) is 0.286. The fourth-order valence-electron chi connectivity index (χ4n) is 4.43. The third-order valence-corrected chi connectivity index (χ3v) is 6.49. The molecule has 0 bridgehead atoms. The van der Waals surface area contributed by atoms with E-state index in [1.165, 1.54) is 18.3 Å². The van der Waals surface area contributed by atoms with Gasteiger partial charge in [-0.15, -0.1) is 0 Å². The molecule has 2 heterocycles. The predicted molar refractivity (Wildman–Crippen MR) is 145 cm³/mol. The molecular weight excluding hydrogens is 509 g/mol. The highest BCUT2D eigenvalue weighted by molar-refractivity contribution is 6.05. The van der Waals surface area contributed by atoms with Gasteiger partial charge in [-0.3, -0.25) is 19.7 Å². The summed E-state index contributed by atoms with van der Waals surface area (Å²) in [5.41, 5.74) is 8.33. The van der Waals surface area contributed by atoms with E-state index < -0.39 is 17.6 Å². The molecule has 1 saturated heterocycles. The van der Waals surface area contributed by atoms with E-state index in [0.717, 1.165) is 43.6 Å². The van der Waals surface area contributed by atoms with Crippen molar-refractivity contribution in [1.29, 1.82) is 0 Å². The van der Waals surface area contributed by atoms with Crippen LogP contribution >= 0.6 is 0 Å². The van der Waals surface area contributed by atoms with Gasteiger partial charge in [0.25, 0.3) is 5.91 Å². The molecule has 0 aliphatic carbocycles. The fourth-order valence-corrected chi connectivity index (χ4v) is 4.43. The molecule has 8 nitrogen and oxygen atoms in total. The van der Waals surface area contributed by atoms with Crippen LogP contribution in [0, 0.1) is 6.92 Å². The number of hydrogen-bond donors (Lipinski definition) is 3. The average Bonchev–Trinajstić information content (AvgIpc) is 3.41. The second-order valence-electron chi connectivity index (χ2n) is 9.46. The van der Waals surface area contributed by atoms with Crippen molar-refractivity contribution >= 4 is 23.0 Å². The predicted octanol–water partition coefficient (Wildman–Crippen LogP) is 4.90. The largest absolute Gasteiger partial charge is 0.495 e. The summed E-state index contributed by atoms with van der Waals surface area (Å²) >= 11 is 0. The molecule has 1 amide bonds. The van der Waals surface area contributed by atoms with Crippen LogP contribution in [0.5, 0.6) is 5.75 Å². The van der Waals surface area contributed by atoms with Crippen LogP contribution in [0.4, 0.5) is 24.5 Å². The molecule has 0 radical (unpaired) electrons. The zero-order chi connectivity index (χ0) is 28.2. The summed E-state index contributed by atoms with van der Waals surface area (Å²) in [6.07, 6.45) is 2.09. The summed E-state index contributed by atoms with van der Waals surface area (Å²) in [6.45, 7) is 3.88. The van der Waals surface area contributed by atoms with Crippen molar-refractivity contribution in [1.82, 2.24) is 9.88 Å². The van der Waals surface area contributed by atoms with Gasteiger partial charge in [0.2, 0.25) is 0 Å². The number of methoxy groups -OCH3 is 1. The second kappa shape index (κ2) is 11.7. The summed E-state index contributed by atoms with van der Waals surface area (Å²) in [4.78, 5) is 19.3. The molecular formula is C28H31F3N6O2. The zero-order valence-electron chi connectivity index (χ0n) is 21.8. The molecule has 206 valence electrons. The van der Waals surface area contributed by atoms with Crippen LogP contribution in [-0.4, -0.2) is 36.0 Å². The van der Waals surface area contributed by atoms with Crippen LogP contribution in [0.25, 0.3) is 5.70 Å². The molecule has 1 aliphatic rings. The molecule has 39 heavy (non-hydrogen) atoms. The monoisotopic (exact) mass is 540 g/mol. The van der Waals surface area contributed by atoms with Crippen LogP contribution in [0.3, 0.4) is 0 Å². The number of nitrogens with one attached hydrogen (secondary N) is 1. The molecule has 1 aromatic heterocycles. The van der Waals surface area contributed by atoms with Crippen LogP contribution in [0.2, 0.25) is 0 Å². The van der Waals surface area contributed by atoms with Gasteiger partial charge in [0.15, 0.2) is 0 Å². The lowest BCUT2D eigenvalue weighted by Crippen LogP contribution is -2.27. The van der Waals surface area contributed by atoms with Crippen molar-refractivity contribution in [2.24, 2.45) is 11.6 Å². The maximum atomic E-state index is 13.6. The molecule has 1 fully saturated rings. The number of hydrazine groups is 1. The molecule has 1 aliphatic heterocycles. The molecule has 3 aromatic rings. The van der Waals surface area contributed by atoms with Gasteiger partial charge in [0.05, 0.1) is 30.3 Å². The van der Waals surface area contributed by atoms with E-state index >= 15 is 0 Å². The number of amides is 1. The molecule has 11 heteroatoms. The SMILES string of the molecule is COc1cncc(/C(N)=C/N(N)c2cc(C(=O)Nc3cc(CN4CCCC4)cc(C(F)(F)F)c3)ccc2C)c1. The van der Waals surface area contributed by atoms with Crippen molar-refractivity contribution in [3.63, 3.8) is 0 Å². The number of alkyl halides is 3. The van der Waals surface area contributed by atoms with Crippen LogP contribution in [-0.2, 0) is 12.7 Å². The lowest BCUT2D eigenvalue weighted by molar-refractivity contribution is -0.137. The first-order valence-electron chi connectivity index (χ1n) is 12.4. The van der Waals surface area contributed by atoms with E-state index in [9.17, 15) is 18.0 Å². The number of carbonyl (C=O) groups excluding carboxylic acids is 1. The number of ether oxygens (including phenoxy) is 1. The molecule has 0 atom stereocenters. The van der Waals surface area contributed by atoms with E-state index in [1.54, 1.807) is 42.7 Å². The highest BCUT2D eigenvalue weighted by atomic mass is 19.4. The van der Waals surface area contributed by atoms with Gasteiger partial charge < -0.3 is 15.8 Å². The Hall–Kier alpha value is -4.09. The summed E-state index contributed by atoms with van der Waals surface area (Å²) in [5.74, 6) is 6.22. The summed E-state index contributed by atoms with van der Waals surface area (Å²) in [6, 6.07) is 10.2. The van der Waals surface area contributed by atoms with E-state index in [1.807, 2.05) is 6.92 Å². The number of rotatable bonds is 8. The van der Waals surface area contributed by atoms with Gasteiger partial charge in [-0.25, -0.2) is 5.84 Å². The first-order valence-corrected chi connectivity index (χ1v) is 12.4. The number of pyridine rings is 1. The van der Waals surface area contributed by atoms with Gasteiger partial charge in [-0.2, -0.15) is 13.2 Å². The Labute approximate surface area is 225 Å². The number of aromatic nitrogens is 1. The van der Waals surface area contributed by atoms with Crippen molar-refractivity contribution in [3.8, 4) is 5.75 Å². The van der Waals surface area contributed by atoms with Crippen molar-refractivity contribution < 1.29 is 22.7 Å². The smallest absolute Gasteiger partial charge is 0.416 e. The molecule has 4 rings (SSSR count). The highest BCUT2D eigenvalue weighted by Gasteiger charge is 2.31. The van der Waals surface area contributed by atoms with Gasteiger partial charge in [-0.05, 0) is 80.4 Å². The van der Waals surface area contributed by atoms with E-state index in [-0.39, 0.29) is 11.3 Å². The van der Waals surface area contributed by atoms with Crippen LogP contribution in [0.15, 0.2) is 61.1 Å². The third kappa shape index (κ3) is 7.06. The molecule has 5 N–H and O–H groups in total. The number of aryl methyl sites for hydroxylation is 1. The summed E-state index contributed by atoms with van der Waals surface area (Å²) in [5, 5.41) is 3.90. The van der Waals surface area contributed by atoms with Crippen molar-refractivity contribution in [2.75, 3.05) is 30.5 Å². The lowest BCUT2D eigenvalue weighted by Gasteiger charge is -2.19.